The second kappa shape index (κ2) is 7.16. The molecule has 0 bridgehead atoms. The molecule has 1 aromatic carbocycles. The third kappa shape index (κ3) is 4.13. The van der Waals surface area contributed by atoms with Gasteiger partial charge in [-0.15, -0.1) is 0 Å². The van der Waals surface area contributed by atoms with Crippen molar-refractivity contribution in [2.75, 3.05) is 0 Å². The van der Waals surface area contributed by atoms with Crippen LogP contribution < -0.4 is 0 Å². The average Bonchev–Trinajstić information content (AvgIpc) is 2.70. The van der Waals surface area contributed by atoms with Gasteiger partial charge in [0.05, 0.1) is 5.52 Å². The molecule has 0 saturated heterocycles. The number of hydrogen-bond acceptors (Lipinski definition) is 1. The Morgan fingerprint density at radius 2 is 1.86 bits per heavy atom. The summed E-state index contributed by atoms with van der Waals surface area (Å²) in [5.41, 5.74) is 0.806. The molecular formula is C16H22F2N2S. The molecule has 0 spiro atoms. The predicted octanol–water partition coefficient (Wildman–Crippen LogP) is 5.58. The van der Waals surface area contributed by atoms with Gasteiger partial charge in [-0.2, -0.15) is 0 Å². The fourth-order valence-electron chi connectivity index (χ4n) is 2.58. The van der Waals surface area contributed by atoms with Gasteiger partial charge in [-0.05, 0) is 30.6 Å². The zero-order valence-electron chi connectivity index (χ0n) is 12.6. The number of aromatic nitrogens is 2. The quantitative estimate of drug-likeness (QED) is 0.522. The summed E-state index contributed by atoms with van der Waals surface area (Å²) in [4.78, 5) is 2.83. The van der Waals surface area contributed by atoms with Gasteiger partial charge in [-0.3, -0.25) is 0 Å². The lowest BCUT2D eigenvalue weighted by atomic mass is 10.0. The van der Waals surface area contributed by atoms with Gasteiger partial charge >= 0.3 is 0 Å². The van der Waals surface area contributed by atoms with E-state index in [1.165, 1.54) is 25.3 Å². The van der Waals surface area contributed by atoms with Crippen LogP contribution in [0.5, 0.6) is 0 Å². The van der Waals surface area contributed by atoms with Crippen LogP contribution >= 0.6 is 12.2 Å². The first kappa shape index (κ1) is 16.1. The molecule has 116 valence electrons. The van der Waals surface area contributed by atoms with Crippen LogP contribution in [0.25, 0.3) is 11.0 Å². The van der Waals surface area contributed by atoms with Crippen molar-refractivity contribution >= 4 is 23.3 Å². The zero-order chi connectivity index (χ0) is 15.4. The van der Waals surface area contributed by atoms with Gasteiger partial charge in [0.15, 0.2) is 10.6 Å². The summed E-state index contributed by atoms with van der Waals surface area (Å²) < 4.78 is 29.3. The first-order valence-corrected chi connectivity index (χ1v) is 7.97. The molecule has 2 nitrogen and oxygen atoms in total. The number of imidazole rings is 1. The normalized spacial score (nSPS) is 11.7. The van der Waals surface area contributed by atoms with Crippen LogP contribution in [-0.2, 0) is 6.54 Å². The summed E-state index contributed by atoms with van der Waals surface area (Å²) >= 11 is 5.21. The Balaban J connectivity index is 1.99. The molecule has 1 N–H and O–H groups in total. The molecule has 0 radical (unpaired) electrons. The van der Waals surface area contributed by atoms with Crippen molar-refractivity contribution in [3.63, 3.8) is 0 Å². The SMILES string of the molecule is CC(C)CCCCCCn1c(=S)[nH]c2c(F)cc(F)cc21. The number of nitrogens with zero attached hydrogens (tertiary/aromatic N) is 1. The Bertz CT molecular complexity index is 658. The van der Waals surface area contributed by atoms with E-state index in [0.717, 1.165) is 24.8 Å². The van der Waals surface area contributed by atoms with Gasteiger partial charge in [-0.1, -0.05) is 39.5 Å². The highest BCUT2D eigenvalue weighted by Gasteiger charge is 2.10. The largest absolute Gasteiger partial charge is 0.328 e. The monoisotopic (exact) mass is 312 g/mol. The first-order valence-electron chi connectivity index (χ1n) is 7.56. The molecule has 1 heterocycles. The van der Waals surface area contributed by atoms with Gasteiger partial charge < -0.3 is 9.55 Å². The maximum Gasteiger partial charge on any atom is 0.178 e. The zero-order valence-corrected chi connectivity index (χ0v) is 13.4. The van der Waals surface area contributed by atoms with Crippen molar-refractivity contribution < 1.29 is 8.78 Å². The van der Waals surface area contributed by atoms with Crippen molar-refractivity contribution in [3.05, 3.63) is 28.5 Å². The van der Waals surface area contributed by atoms with E-state index in [4.69, 9.17) is 12.2 Å². The van der Waals surface area contributed by atoms with E-state index in [1.54, 1.807) is 4.57 Å². The number of benzene rings is 1. The first-order chi connectivity index (χ1) is 9.99. The van der Waals surface area contributed by atoms with E-state index in [2.05, 4.69) is 18.8 Å². The Hall–Kier alpha value is -1.23. The van der Waals surface area contributed by atoms with E-state index in [0.29, 0.717) is 22.3 Å². The maximum absolute atomic E-state index is 13.7. The Labute approximate surface area is 129 Å². The third-order valence-electron chi connectivity index (χ3n) is 3.72. The number of aromatic amines is 1. The predicted molar refractivity (Wildman–Crippen MR) is 85.0 cm³/mol. The molecule has 21 heavy (non-hydrogen) atoms. The Kier molecular flexibility index (Phi) is 5.51. The molecule has 1 aromatic heterocycles. The Morgan fingerprint density at radius 1 is 1.14 bits per heavy atom. The van der Waals surface area contributed by atoms with Gasteiger partial charge in [0.2, 0.25) is 0 Å². The van der Waals surface area contributed by atoms with E-state index in [-0.39, 0.29) is 0 Å². The molecule has 0 amide bonds. The van der Waals surface area contributed by atoms with E-state index >= 15 is 0 Å². The van der Waals surface area contributed by atoms with Crippen LogP contribution in [0.1, 0.15) is 46.0 Å². The van der Waals surface area contributed by atoms with Crippen LogP contribution in [0.3, 0.4) is 0 Å². The van der Waals surface area contributed by atoms with Gasteiger partial charge in [0.1, 0.15) is 11.3 Å². The number of hydrogen-bond donors (Lipinski definition) is 1. The lowest BCUT2D eigenvalue weighted by Gasteiger charge is -2.06. The fraction of sp³-hybridized carbons (Fsp3) is 0.562. The highest BCUT2D eigenvalue weighted by atomic mass is 32.1. The van der Waals surface area contributed by atoms with E-state index in [9.17, 15) is 8.78 Å². The van der Waals surface area contributed by atoms with Crippen LogP contribution in [0, 0.1) is 22.3 Å². The summed E-state index contributed by atoms with van der Waals surface area (Å²) in [6.45, 7) is 5.16. The summed E-state index contributed by atoms with van der Waals surface area (Å²) in [7, 11) is 0. The summed E-state index contributed by atoms with van der Waals surface area (Å²) in [6.07, 6.45) is 5.76. The molecule has 0 fully saturated rings. The molecule has 0 aliphatic carbocycles. The molecule has 0 atom stereocenters. The topological polar surface area (TPSA) is 20.7 Å². The number of nitrogens with one attached hydrogen (secondary N) is 1. The molecular weight excluding hydrogens is 290 g/mol. The van der Waals surface area contributed by atoms with E-state index in [1.807, 2.05) is 0 Å². The minimum absolute atomic E-state index is 0.293. The maximum atomic E-state index is 13.7. The van der Waals surface area contributed by atoms with Crippen molar-refractivity contribution in [1.29, 1.82) is 0 Å². The molecule has 0 aliphatic rings. The highest BCUT2D eigenvalue weighted by Crippen LogP contribution is 2.20. The Morgan fingerprint density at radius 3 is 2.57 bits per heavy atom. The fourth-order valence-corrected chi connectivity index (χ4v) is 2.87. The van der Waals surface area contributed by atoms with Crippen LogP contribution in [0.2, 0.25) is 0 Å². The molecule has 0 aliphatic heterocycles. The number of H-pyrrole nitrogens is 1. The van der Waals surface area contributed by atoms with Crippen LogP contribution in [0.15, 0.2) is 12.1 Å². The molecule has 2 rings (SSSR count). The van der Waals surface area contributed by atoms with Gasteiger partial charge in [-0.25, -0.2) is 8.78 Å². The number of fused-ring (bicyclic) bond motifs is 1. The summed E-state index contributed by atoms with van der Waals surface area (Å²) in [5.74, 6) is -0.412. The second-order valence-electron chi connectivity index (χ2n) is 5.96. The minimum atomic E-state index is -0.591. The van der Waals surface area contributed by atoms with Crippen LogP contribution in [0.4, 0.5) is 8.78 Å². The highest BCUT2D eigenvalue weighted by molar-refractivity contribution is 7.71. The van der Waals surface area contributed by atoms with E-state index < -0.39 is 11.6 Å². The average molecular weight is 312 g/mol. The minimum Gasteiger partial charge on any atom is -0.328 e. The molecule has 0 unspecified atom stereocenters. The lowest BCUT2D eigenvalue weighted by molar-refractivity contribution is 0.506. The standard InChI is InChI=1S/C16H22F2N2S/c1-11(2)7-5-3-4-6-8-20-14-10-12(17)9-13(18)15(14)19-16(20)21/h9-11H,3-8H2,1-2H3,(H,19,21). The molecule has 2 aromatic rings. The third-order valence-corrected chi connectivity index (χ3v) is 4.04. The number of halogens is 2. The van der Waals surface area contributed by atoms with Crippen molar-refractivity contribution in [3.8, 4) is 0 Å². The smallest absolute Gasteiger partial charge is 0.178 e. The van der Waals surface area contributed by atoms with Gasteiger partial charge in [0, 0.05) is 12.6 Å². The van der Waals surface area contributed by atoms with Gasteiger partial charge in [0.25, 0.3) is 0 Å². The molecule has 0 saturated carbocycles. The summed E-state index contributed by atoms with van der Waals surface area (Å²) in [6, 6.07) is 2.22. The lowest BCUT2D eigenvalue weighted by Crippen LogP contribution is -1.99. The number of aryl methyl sites for hydroxylation is 1. The second-order valence-corrected chi connectivity index (χ2v) is 6.35. The van der Waals surface area contributed by atoms with Crippen molar-refractivity contribution in [2.45, 2.75) is 52.5 Å². The number of rotatable bonds is 7. The van der Waals surface area contributed by atoms with Crippen molar-refractivity contribution in [1.82, 2.24) is 9.55 Å². The van der Waals surface area contributed by atoms with Crippen molar-refractivity contribution in [2.24, 2.45) is 5.92 Å². The van der Waals surface area contributed by atoms with Crippen LogP contribution in [-0.4, -0.2) is 9.55 Å². The number of unbranched alkanes of at least 4 members (excludes halogenated alkanes) is 3. The molecule has 5 heteroatoms. The summed E-state index contributed by atoms with van der Waals surface area (Å²) in [5, 5.41) is 0.